The Hall–Kier alpha value is -0.610. The van der Waals surface area contributed by atoms with Gasteiger partial charge in [0.1, 0.15) is 0 Å². The average Bonchev–Trinajstić information content (AvgIpc) is 2.26. The van der Waals surface area contributed by atoms with E-state index < -0.39 is 5.97 Å². The Morgan fingerprint density at radius 2 is 2.06 bits per heavy atom. The number of carbonyl (C=O) groups is 1. The van der Waals surface area contributed by atoms with Crippen molar-refractivity contribution in [1.82, 2.24) is 4.90 Å². The topological polar surface area (TPSA) is 49.8 Å². The molecule has 0 aromatic rings. The molecule has 1 saturated carbocycles. The number of hydrogen-bond donors (Lipinski definition) is 1. The van der Waals surface area contributed by atoms with Crippen LogP contribution in [-0.4, -0.2) is 49.3 Å². The zero-order chi connectivity index (χ0) is 11.8. The second kappa shape index (κ2) is 7.63. The quantitative estimate of drug-likeness (QED) is 0.720. The van der Waals surface area contributed by atoms with Crippen molar-refractivity contribution in [1.29, 1.82) is 0 Å². The van der Waals surface area contributed by atoms with Crippen molar-refractivity contribution >= 4 is 5.97 Å². The first-order valence-electron chi connectivity index (χ1n) is 6.15. The van der Waals surface area contributed by atoms with E-state index in [1.165, 1.54) is 32.1 Å². The molecule has 0 amide bonds. The van der Waals surface area contributed by atoms with E-state index in [0.29, 0.717) is 12.5 Å². The van der Waals surface area contributed by atoms with E-state index in [4.69, 9.17) is 9.84 Å². The highest BCUT2D eigenvalue weighted by molar-refractivity contribution is 5.69. The van der Waals surface area contributed by atoms with Gasteiger partial charge >= 0.3 is 5.97 Å². The minimum absolute atomic E-state index is 0.139. The number of hydrogen-bond acceptors (Lipinski definition) is 3. The molecular weight excluding hydrogens is 206 g/mol. The lowest BCUT2D eigenvalue weighted by Gasteiger charge is -2.28. The van der Waals surface area contributed by atoms with Gasteiger partial charge in [-0.2, -0.15) is 0 Å². The summed E-state index contributed by atoms with van der Waals surface area (Å²) in [5.74, 6) is -0.0585. The van der Waals surface area contributed by atoms with Crippen LogP contribution in [0.1, 0.15) is 32.1 Å². The molecule has 0 bridgehead atoms. The maximum atomic E-state index is 10.7. The third kappa shape index (κ3) is 5.47. The van der Waals surface area contributed by atoms with Gasteiger partial charge in [0.2, 0.25) is 0 Å². The third-order valence-electron chi connectivity index (χ3n) is 3.21. The number of carboxylic acid groups (broad SMARTS) is 1. The molecule has 0 unspecified atom stereocenters. The first kappa shape index (κ1) is 13.5. The molecule has 0 radical (unpaired) electrons. The fourth-order valence-corrected chi connectivity index (χ4v) is 2.38. The van der Waals surface area contributed by atoms with Crippen molar-refractivity contribution in [2.24, 2.45) is 5.92 Å². The summed E-state index contributed by atoms with van der Waals surface area (Å²) in [5, 5.41) is 8.83. The molecule has 4 heteroatoms. The summed E-state index contributed by atoms with van der Waals surface area (Å²) in [6, 6.07) is 0. The van der Waals surface area contributed by atoms with Gasteiger partial charge < -0.3 is 9.84 Å². The smallest absolute Gasteiger partial charge is 0.317 e. The van der Waals surface area contributed by atoms with E-state index >= 15 is 0 Å². The van der Waals surface area contributed by atoms with Crippen LogP contribution in [-0.2, 0) is 9.53 Å². The molecule has 0 spiro atoms. The van der Waals surface area contributed by atoms with Crippen molar-refractivity contribution in [3.63, 3.8) is 0 Å². The molecule has 0 atom stereocenters. The fourth-order valence-electron chi connectivity index (χ4n) is 2.38. The Kier molecular flexibility index (Phi) is 6.42. The van der Waals surface area contributed by atoms with E-state index in [0.717, 1.165) is 13.1 Å². The lowest BCUT2D eigenvalue weighted by molar-refractivity contribution is -0.138. The summed E-state index contributed by atoms with van der Waals surface area (Å²) in [6.07, 6.45) is 6.45. The molecular formula is C12H23NO3. The SMILES string of the molecule is COCCN(CC(=O)O)CC1CCCCC1. The van der Waals surface area contributed by atoms with Gasteiger partial charge in [0.05, 0.1) is 13.2 Å². The zero-order valence-corrected chi connectivity index (χ0v) is 10.2. The first-order chi connectivity index (χ1) is 7.72. The minimum Gasteiger partial charge on any atom is -0.480 e. The lowest BCUT2D eigenvalue weighted by Crippen LogP contribution is -2.37. The van der Waals surface area contributed by atoms with E-state index in [1.807, 2.05) is 4.90 Å². The predicted molar refractivity (Wildman–Crippen MR) is 62.5 cm³/mol. The van der Waals surface area contributed by atoms with Crippen LogP contribution in [0.15, 0.2) is 0 Å². The highest BCUT2D eigenvalue weighted by Crippen LogP contribution is 2.24. The van der Waals surface area contributed by atoms with Crippen LogP contribution in [0.5, 0.6) is 0 Å². The van der Waals surface area contributed by atoms with E-state index in [9.17, 15) is 4.79 Å². The van der Waals surface area contributed by atoms with E-state index in [-0.39, 0.29) is 6.54 Å². The second-order valence-corrected chi connectivity index (χ2v) is 4.63. The first-order valence-corrected chi connectivity index (χ1v) is 6.15. The number of nitrogens with zero attached hydrogens (tertiary/aromatic N) is 1. The normalized spacial score (nSPS) is 17.9. The number of aliphatic carboxylic acids is 1. The number of ether oxygens (including phenoxy) is 1. The summed E-state index contributed by atoms with van der Waals surface area (Å²) in [4.78, 5) is 12.7. The van der Waals surface area contributed by atoms with Gasteiger partial charge in [0.15, 0.2) is 0 Å². The molecule has 1 aliphatic carbocycles. The number of carboxylic acids is 1. The molecule has 1 N–H and O–H groups in total. The Balaban J connectivity index is 2.31. The van der Waals surface area contributed by atoms with Gasteiger partial charge in [-0.05, 0) is 18.8 Å². The van der Waals surface area contributed by atoms with Crippen LogP contribution in [0, 0.1) is 5.92 Å². The summed E-state index contributed by atoms with van der Waals surface area (Å²) < 4.78 is 5.01. The number of rotatable bonds is 7. The van der Waals surface area contributed by atoms with Crippen LogP contribution >= 0.6 is 0 Å². The van der Waals surface area contributed by atoms with Crippen molar-refractivity contribution < 1.29 is 14.6 Å². The maximum Gasteiger partial charge on any atom is 0.317 e. The van der Waals surface area contributed by atoms with Crippen LogP contribution in [0.2, 0.25) is 0 Å². The largest absolute Gasteiger partial charge is 0.480 e. The van der Waals surface area contributed by atoms with Crippen molar-refractivity contribution in [2.45, 2.75) is 32.1 Å². The summed E-state index contributed by atoms with van der Waals surface area (Å²) in [7, 11) is 1.65. The van der Waals surface area contributed by atoms with Crippen LogP contribution in [0.25, 0.3) is 0 Å². The highest BCUT2D eigenvalue weighted by Gasteiger charge is 2.18. The molecule has 0 saturated heterocycles. The Morgan fingerprint density at radius 1 is 1.38 bits per heavy atom. The molecule has 16 heavy (non-hydrogen) atoms. The molecule has 1 rings (SSSR count). The maximum absolute atomic E-state index is 10.7. The van der Waals surface area contributed by atoms with Gasteiger partial charge in [-0.25, -0.2) is 0 Å². The Morgan fingerprint density at radius 3 is 2.62 bits per heavy atom. The Bertz CT molecular complexity index is 202. The van der Waals surface area contributed by atoms with Gasteiger partial charge in [-0.1, -0.05) is 19.3 Å². The molecule has 94 valence electrons. The standard InChI is InChI=1S/C12H23NO3/c1-16-8-7-13(10-12(14)15)9-11-5-3-2-4-6-11/h11H,2-10H2,1H3,(H,14,15). The molecule has 1 aliphatic rings. The molecule has 4 nitrogen and oxygen atoms in total. The number of methoxy groups -OCH3 is 1. The third-order valence-corrected chi connectivity index (χ3v) is 3.21. The summed E-state index contributed by atoms with van der Waals surface area (Å²) in [6.45, 7) is 2.38. The average molecular weight is 229 g/mol. The Labute approximate surface area is 97.6 Å². The van der Waals surface area contributed by atoms with Gasteiger partial charge in [-0.15, -0.1) is 0 Å². The molecule has 1 fully saturated rings. The fraction of sp³-hybridized carbons (Fsp3) is 0.917. The van der Waals surface area contributed by atoms with E-state index in [2.05, 4.69) is 0 Å². The monoisotopic (exact) mass is 229 g/mol. The van der Waals surface area contributed by atoms with Gasteiger partial charge in [0.25, 0.3) is 0 Å². The van der Waals surface area contributed by atoms with Crippen molar-refractivity contribution in [3.05, 3.63) is 0 Å². The lowest BCUT2D eigenvalue weighted by atomic mass is 9.89. The summed E-state index contributed by atoms with van der Waals surface area (Å²) >= 11 is 0. The molecule has 0 aromatic carbocycles. The van der Waals surface area contributed by atoms with E-state index in [1.54, 1.807) is 7.11 Å². The van der Waals surface area contributed by atoms with Crippen LogP contribution in [0.4, 0.5) is 0 Å². The van der Waals surface area contributed by atoms with Gasteiger partial charge in [0, 0.05) is 20.2 Å². The van der Waals surface area contributed by atoms with Crippen molar-refractivity contribution in [3.8, 4) is 0 Å². The molecule has 0 aromatic heterocycles. The van der Waals surface area contributed by atoms with Crippen molar-refractivity contribution in [2.75, 3.05) is 33.4 Å². The zero-order valence-electron chi connectivity index (χ0n) is 10.2. The van der Waals surface area contributed by atoms with Gasteiger partial charge in [-0.3, -0.25) is 9.69 Å². The minimum atomic E-state index is -0.744. The van der Waals surface area contributed by atoms with Crippen LogP contribution < -0.4 is 0 Å². The summed E-state index contributed by atoms with van der Waals surface area (Å²) in [5.41, 5.74) is 0. The van der Waals surface area contributed by atoms with Crippen LogP contribution in [0.3, 0.4) is 0 Å². The second-order valence-electron chi connectivity index (χ2n) is 4.63. The molecule has 0 heterocycles. The molecule has 0 aliphatic heterocycles. The highest BCUT2D eigenvalue weighted by atomic mass is 16.5. The predicted octanol–water partition coefficient (Wildman–Crippen LogP) is 1.60.